The van der Waals surface area contributed by atoms with E-state index in [0.717, 1.165) is 36.9 Å². The zero-order valence-electron chi connectivity index (χ0n) is 12.5. The smallest absolute Gasteiger partial charge is 0.138 e. The Bertz CT molecular complexity index is 616. The van der Waals surface area contributed by atoms with E-state index < -0.39 is 0 Å². The van der Waals surface area contributed by atoms with Gasteiger partial charge in [-0.3, -0.25) is 0 Å². The lowest BCUT2D eigenvalue weighted by Gasteiger charge is -2.43. The van der Waals surface area contributed by atoms with Crippen molar-refractivity contribution in [1.29, 1.82) is 0 Å². The Labute approximate surface area is 130 Å². The summed E-state index contributed by atoms with van der Waals surface area (Å²) < 4.78 is 2.03. The Morgan fingerprint density at radius 3 is 2.71 bits per heavy atom. The van der Waals surface area contributed by atoms with Gasteiger partial charge in [0.1, 0.15) is 12.2 Å². The second kappa shape index (κ2) is 5.78. The number of aromatic nitrogens is 3. The van der Waals surface area contributed by atoms with Gasteiger partial charge in [0, 0.05) is 36.5 Å². The molecule has 0 saturated carbocycles. The lowest BCUT2D eigenvalue weighted by molar-refractivity contribution is 0.264. The summed E-state index contributed by atoms with van der Waals surface area (Å²) in [6.45, 7) is 7.16. The molecule has 4 nitrogen and oxygen atoms in total. The monoisotopic (exact) mass is 304 g/mol. The Morgan fingerprint density at radius 1 is 1.33 bits per heavy atom. The Hall–Kier alpha value is -1.39. The molecule has 0 spiro atoms. The quantitative estimate of drug-likeness (QED) is 0.923. The van der Waals surface area contributed by atoms with Crippen molar-refractivity contribution in [3.05, 3.63) is 47.0 Å². The van der Waals surface area contributed by atoms with E-state index in [1.807, 2.05) is 16.8 Å². The standard InChI is InChI=1S/C16H21ClN4/c1-12(2)8-21-15(19-11-20-21)7-16(9-18-10-16)13-5-3-4-6-14(13)17/h3-6,11-12,18H,7-10H2,1-2H3. The molecule has 0 unspecified atom stereocenters. The van der Waals surface area contributed by atoms with E-state index in [9.17, 15) is 0 Å². The largest absolute Gasteiger partial charge is 0.315 e. The average Bonchev–Trinajstić information content (AvgIpc) is 2.81. The molecule has 0 bridgehead atoms. The first-order valence-corrected chi connectivity index (χ1v) is 7.81. The Morgan fingerprint density at radius 2 is 2.10 bits per heavy atom. The van der Waals surface area contributed by atoms with Crippen LogP contribution in [-0.4, -0.2) is 27.9 Å². The zero-order valence-corrected chi connectivity index (χ0v) is 13.3. The van der Waals surface area contributed by atoms with Crippen LogP contribution in [0.25, 0.3) is 0 Å². The highest BCUT2D eigenvalue weighted by molar-refractivity contribution is 6.31. The molecule has 0 atom stereocenters. The molecule has 0 aliphatic carbocycles. The summed E-state index contributed by atoms with van der Waals surface area (Å²) in [5, 5.41) is 8.59. The van der Waals surface area contributed by atoms with Gasteiger partial charge in [0.05, 0.1) is 0 Å². The minimum Gasteiger partial charge on any atom is -0.315 e. The van der Waals surface area contributed by atoms with Crippen LogP contribution in [0.4, 0.5) is 0 Å². The molecular weight excluding hydrogens is 284 g/mol. The van der Waals surface area contributed by atoms with Crippen molar-refractivity contribution in [2.75, 3.05) is 13.1 Å². The molecule has 112 valence electrons. The fourth-order valence-electron chi connectivity index (χ4n) is 2.95. The molecule has 2 heterocycles. The molecular formula is C16H21ClN4. The number of hydrogen-bond acceptors (Lipinski definition) is 3. The highest BCUT2D eigenvalue weighted by Crippen LogP contribution is 2.36. The molecule has 21 heavy (non-hydrogen) atoms. The minimum atomic E-state index is 0.0418. The van der Waals surface area contributed by atoms with Gasteiger partial charge in [0.15, 0.2) is 0 Å². The molecule has 0 amide bonds. The van der Waals surface area contributed by atoms with E-state index in [1.54, 1.807) is 6.33 Å². The van der Waals surface area contributed by atoms with E-state index >= 15 is 0 Å². The second-order valence-corrected chi connectivity index (χ2v) is 6.70. The topological polar surface area (TPSA) is 42.7 Å². The van der Waals surface area contributed by atoms with E-state index in [2.05, 4.69) is 41.4 Å². The highest BCUT2D eigenvalue weighted by atomic mass is 35.5. The summed E-state index contributed by atoms with van der Waals surface area (Å²) in [4.78, 5) is 4.47. The summed E-state index contributed by atoms with van der Waals surface area (Å²) >= 11 is 6.41. The summed E-state index contributed by atoms with van der Waals surface area (Å²) in [6, 6.07) is 8.13. The van der Waals surface area contributed by atoms with Crippen molar-refractivity contribution in [2.24, 2.45) is 5.92 Å². The lowest BCUT2D eigenvalue weighted by Crippen LogP contribution is -2.58. The van der Waals surface area contributed by atoms with Crippen molar-refractivity contribution >= 4 is 11.6 Å². The Kier molecular flexibility index (Phi) is 4.00. The lowest BCUT2D eigenvalue weighted by atomic mass is 9.72. The van der Waals surface area contributed by atoms with Crippen LogP contribution < -0.4 is 5.32 Å². The van der Waals surface area contributed by atoms with Gasteiger partial charge in [-0.1, -0.05) is 43.6 Å². The zero-order chi connectivity index (χ0) is 14.9. The number of rotatable bonds is 5. The van der Waals surface area contributed by atoms with Crippen molar-refractivity contribution in [2.45, 2.75) is 32.2 Å². The first kappa shape index (κ1) is 14.5. The van der Waals surface area contributed by atoms with Gasteiger partial charge in [0.25, 0.3) is 0 Å². The molecule has 1 aromatic carbocycles. The van der Waals surface area contributed by atoms with Crippen molar-refractivity contribution in [1.82, 2.24) is 20.1 Å². The maximum absolute atomic E-state index is 6.41. The minimum absolute atomic E-state index is 0.0418. The van der Waals surface area contributed by atoms with Crippen LogP contribution >= 0.6 is 11.6 Å². The maximum Gasteiger partial charge on any atom is 0.138 e. The molecule has 5 heteroatoms. The fraction of sp³-hybridized carbons (Fsp3) is 0.500. The predicted molar refractivity (Wildman–Crippen MR) is 84.6 cm³/mol. The van der Waals surface area contributed by atoms with E-state index in [-0.39, 0.29) is 5.41 Å². The number of hydrogen-bond donors (Lipinski definition) is 1. The predicted octanol–water partition coefficient (Wildman–Crippen LogP) is 2.67. The van der Waals surface area contributed by atoms with Crippen LogP contribution in [0.3, 0.4) is 0 Å². The maximum atomic E-state index is 6.41. The van der Waals surface area contributed by atoms with Crippen LogP contribution in [-0.2, 0) is 18.4 Å². The molecule has 1 saturated heterocycles. The van der Waals surface area contributed by atoms with Crippen molar-refractivity contribution < 1.29 is 0 Å². The molecule has 1 N–H and O–H groups in total. The van der Waals surface area contributed by atoms with E-state index in [4.69, 9.17) is 11.6 Å². The van der Waals surface area contributed by atoms with E-state index in [1.165, 1.54) is 5.56 Å². The van der Waals surface area contributed by atoms with Gasteiger partial charge < -0.3 is 5.32 Å². The van der Waals surface area contributed by atoms with Crippen LogP contribution in [0.15, 0.2) is 30.6 Å². The normalized spacial score (nSPS) is 17.0. The van der Waals surface area contributed by atoms with Gasteiger partial charge >= 0.3 is 0 Å². The SMILES string of the molecule is CC(C)Cn1ncnc1CC1(c2ccccc2Cl)CNC1. The van der Waals surface area contributed by atoms with Gasteiger partial charge in [-0.2, -0.15) is 5.10 Å². The number of nitrogens with zero attached hydrogens (tertiary/aromatic N) is 3. The molecule has 1 fully saturated rings. The van der Waals surface area contributed by atoms with E-state index in [0.29, 0.717) is 5.92 Å². The van der Waals surface area contributed by atoms with Gasteiger partial charge in [-0.25, -0.2) is 9.67 Å². The average molecular weight is 305 g/mol. The third-order valence-electron chi connectivity index (χ3n) is 4.10. The van der Waals surface area contributed by atoms with Gasteiger partial charge in [0.2, 0.25) is 0 Å². The third kappa shape index (κ3) is 2.83. The molecule has 1 aliphatic heterocycles. The third-order valence-corrected chi connectivity index (χ3v) is 4.43. The summed E-state index contributed by atoms with van der Waals surface area (Å²) in [7, 11) is 0. The summed E-state index contributed by atoms with van der Waals surface area (Å²) in [6.07, 6.45) is 2.53. The number of benzene rings is 1. The second-order valence-electron chi connectivity index (χ2n) is 6.29. The van der Waals surface area contributed by atoms with Crippen LogP contribution in [0, 0.1) is 5.92 Å². The highest BCUT2D eigenvalue weighted by Gasteiger charge is 2.41. The van der Waals surface area contributed by atoms with Crippen LogP contribution in [0.5, 0.6) is 0 Å². The number of nitrogens with one attached hydrogen (secondary N) is 1. The molecule has 1 aliphatic rings. The number of halogens is 1. The molecule has 1 aromatic heterocycles. The Balaban J connectivity index is 1.89. The fourth-order valence-corrected chi connectivity index (χ4v) is 3.29. The van der Waals surface area contributed by atoms with Crippen LogP contribution in [0.1, 0.15) is 25.2 Å². The molecule has 0 radical (unpaired) electrons. The molecule has 3 rings (SSSR count). The molecule has 2 aromatic rings. The first-order chi connectivity index (χ1) is 10.1. The van der Waals surface area contributed by atoms with Crippen molar-refractivity contribution in [3.8, 4) is 0 Å². The first-order valence-electron chi connectivity index (χ1n) is 7.43. The van der Waals surface area contributed by atoms with Crippen molar-refractivity contribution in [3.63, 3.8) is 0 Å². The summed E-state index contributed by atoms with van der Waals surface area (Å²) in [5.41, 5.74) is 1.25. The summed E-state index contributed by atoms with van der Waals surface area (Å²) in [5.74, 6) is 1.60. The van der Waals surface area contributed by atoms with Crippen LogP contribution in [0.2, 0.25) is 5.02 Å². The van der Waals surface area contributed by atoms with Gasteiger partial charge in [-0.05, 0) is 17.5 Å². The van der Waals surface area contributed by atoms with Gasteiger partial charge in [-0.15, -0.1) is 0 Å².